The van der Waals surface area contributed by atoms with E-state index in [0.29, 0.717) is 0 Å². The van der Waals surface area contributed by atoms with Crippen LogP contribution in [0.25, 0.3) is 0 Å². The van der Waals surface area contributed by atoms with Gasteiger partial charge in [-0.05, 0) is 0 Å². The maximum absolute atomic E-state index is 9.30. The molecule has 0 saturated carbocycles. The fraction of sp³-hybridized carbons (Fsp3) is 1.00. The molecule has 13 heavy (non-hydrogen) atoms. The molecule has 0 heterocycles. The topological polar surface area (TPSA) is 69.2 Å². The third-order valence-electron chi connectivity index (χ3n) is 0.612. The van der Waals surface area contributed by atoms with Crippen LogP contribution in [0.3, 0.4) is 0 Å². The summed E-state index contributed by atoms with van der Waals surface area (Å²) in [6.45, 7) is 5.81. The van der Waals surface area contributed by atoms with Crippen molar-refractivity contribution in [1.29, 1.82) is 0 Å². The van der Waals surface area contributed by atoms with Gasteiger partial charge in [0, 0.05) is 0 Å². The Morgan fingerprint density at radius 1 is 0.615 bits per heavy atom. The summed E-state index contributed by atoms with van der Waals surface area (Å²) in [6, 6.07) is 0. The van der Waals surface area contributed by atoms with Crippen LogP contribution in [0.15, 0.2) is 0 Å². The first-order valence-corrected chi connectivity index (χ1v) is 4.49. The summed E-state index contributed by atoms with van der Waals surface area (Å²) >= 11 is 0. The van der Waals surface area contributed by atoms with E-state index in [-0.39, 0.29) is 38.4 Å². The first-order valence-electron chi connectivity index (χ1n) is 4.49. The Balaban J connectivity index is -0.0000000450. The third kappa shape index (κ3) is 114. The predicted molar refractivity (Wildman–Crippen MR) is 45.5 cm³/mol. The second-order valence-electron chi connectivity index (χ2n) is 2.11. The molecule has 0 aromatic carbocycles. The zero-order valence-electron chi connectivity index (χ0n) is 8.91. The van der Waals surface area contributed by atoms with E-state index in [0.717, 1.165) is 19.3 Å². The first kappa shape index (κ1) is 23.4. The van der Waals surface area contributed by atoms with Crippen LogP contribution in [0.2, 0.25) is 0 Å². The van der Waals surface area contributed by atoms with Crippen molar-refractivity contribution in [2.24, 2.45) is 0 Å². The predicted octanol–water partition coefficient (Wildman–Crippen LogP) is -0.732. The third-order valence-corrected chi connectivity index (χ3v) is 0.612. The molecule has 0 amide bonds. The van der Waals surface area contributed by atoms with Gasteiger partial charge in [-0.25, -0.2) is 0 Å². The summed E-state index contributed by atoms with van der Waals surface area (Å²) < 4.78 is 0. The number of rotatable bonds is 3. The smallest absolute Gasteiger partial charge is 0.854 e. The molecule has 0 saturated heterocycles. The molecule has 0 aliphatic heterocycles. The van der Waals surface area contributed by atoms with Crippen LogP contribution >= 0.6 is 0 Å². The van der Waals surface area contributed by atoms with Gasteiger partial charge in [-0.3, -0.25) is 0 Å². The zero-order chi connectivity index (χ0) is 10.2. The molecule has 0 aliphatic carbocycles. The minimum Gasteiger partial charge on any atom is -0.854 e. The summed E-state index contributed by atoms with van der Waals surface area (Å²) in [5.74, 6) is 0. The van der Waals surface area contributed by atoms with Gasteiger partial charge in [-0.1, -0.05) is 40.0 Å². The van der Waals surface area contributed by atoms with Crippen molar-refractivity contribution < 1.29 is 33.9 Å². The largest absolute Gasteiger partial charge is 3.00 e. The SMILES string of the molecule is CCC[O-].CCC[O-].CCC[O-].[V+3]. The maximum Gasteiger partial charge on any atom is 3.00 e. The van der Waals surface area contributed by atoms with Crippen LogP contribution < -0.4 is 15.3 Å². The van der Waals surface area contributed by atoms with E-state index in [1.807, 2.05) is 20.8 Å². The van der Waals surface area contributed by atoms with Gasteiger partial charge in [0.2, 0.25) is 0 Å². The molecule has 3 nitrogen and oxygen atoms in total. The van der Waals surface area contributed by atoms with E-state index >= 15 is 0 Å². The summed E-state index contributed by atoms with van der Waals surface area (Å²) in [7, 11) is 0. The van der Waals surface area contributed by atoms with Crippen molar-refractivity contribution in [2.45, 2.75) is 40.0 Å². The van der Waals surface area contributed by atoms with Gasteiger partial charge in [0.1, 0.15) is 0 Å². The van der Waals surface area contributed by atoms with Gasteiger partial charge < -0.3 is 15.3 Å². The van der Waals surface area contributed by atoms with Gasteiger partial charge in [-0.2, -0.15) is 0 Å². The molecule has 4 heteroatoms. The van der Waals surface area contributed by atoms with Crippen molar-refractivity contribution in [3.63, 3.8) is 0 Å². The second-order valence-corrected chi connectivity index (χ2v) is 2.11. The Bertz CT molecular complexity index is 30.3. The molecule has 0 fully saturated rings. The van der Waals surface area contributed by atoms with Gasteiger partial charge in [0.15, 0.2) is 0 Å². The summed E-state index contributed by atoms with van der Waals surface area (Å²) in [5.41, 5.74) is 0. The normalized spacial score (nSPS) is 6.92. The molecular weight excluding hydrogens is 207 g/mol. The second kappa shape index (κ2) is 39.2. The molecule has 80 valence electrons. The van der Waals surface area contributed by atoms with E-state index < -0.39 is 0 Å². The van der Waals surface area contributed by atoms with Crippen molar-refractivity contribution >= 4 is 0 Å². The molecular formula is C9H21O3V. The van der Waals surface area contributed by atoms with Crippen LogP contribution in [-0.2, 0) is 18.6 Å². The Kier molecular flexibility index (Phi) is 70.4. The first-order chi connectivity index (χ1) is 5.74. The maximum atomic E-state index is 9.30. The van der Waals surface area contributed by atoms with E-state index in [9.17, 15) is 15.3 Å². The van der Waals surface area contributed by atoms with Crippen LogP contribution in [0.5, 0.6) is 0 Å². The molecule has 0 spiro atoms. The molecule has 0 aromatic heterocycles. The van der Waals surface area contributed by atoms with E-state index in [4.69, 9.17) is 0 Å². The minimum atomic E-state index is 0. The molecule has 0 bridgehead atoms. The summed E-state index contributed by atoms with van der Waals surface area (Å²) in [5, 5.41) is 27.9. The van der Waals surface area contributed by atoms with Crippen molar-refractivity contribution in [1.82, 2.24) is 0 Å². The summed E-state index contributed by atoms with van der Waals surface area (Å²) in [4.78, 5) is 0. The molecule has 0 aliphatic rings. The monoisotopic (exact) mass is 228 g/mol. The van der Waals surface area contributed by atoms with Gasteiger partial charge in [-0.15, -0.1) is 19.8 Å². The van der Waals surface area contributed by atoms with Crippen LogP contribution in [0.1, 0.15) is 40.0 Å². The Labute approximate surface area is 94.1 Å². The van der Waals surface area contributed by atoms with Crippen molar-refractivity contribution in [3.05, 3.63) is 0 Å². The van der Waals surface area contributed by atoms with E-state index in [1.165, 1.54) is 0 Å². The summed E-state index contributed by atoms with van der Waals surface area (Å²) in [6.07, 6.45) is 2.29. The van der Waals surface area contributed by atoms with E-state index in [2.05, 4.69) is 0 Å². The fourth-order valence-electron chi connectivity index (χ4n) is 0. The Hall–Kier alpha value is 0.464. The molecule has 0 N–H and O–H groups in total. The fourth-order valence-corrected chi connectivity index (χ4v) is 0. The number of hydrogen-bond acceptors (Lipinski definition) is 3. The standard InChI is InChI=1S/3C3H7O.V/c3*1-2-3-4;/h3*2-3H2,1H3;/q3*-1;+3. The average molecular weight is 228 g/mol. The zero-order valence-corrected chi connectivity index (χ0v) is 10.3. The van der Waals surface area contributed by atoms with E-state index in [1.54, 1.807) is 0 Å². The van der Waals surface area contributed by atoms with Crippen molar-refractivity contribution in [2.75, 3.05) is 19.8 Å². The van der Waals surface area contributed by atoms with Crippen LogP contribution in [0, 0.1) is 0 Å². The van der Waals surface area contributed by atoms with Gasteiger partial charge >= 0.3 is 18.6 Å². The molecule has 0 aromatic rings. The Morgan fingerprint density at radius 3 is 0.692 bits per heavy atom. The Morgan fingerprint density at radius 2 is 0.692 bits per heavy atom. The molecule has 0 atom stereocenters. The quantitative estimate of drug-likeness (QED) is 0.639. The molecule has 0 rings (SSSR count). The van der Waals surface area contributed by atoms with Crippen molar-refractivity contribution in [3.8, 4) is 0 Å². The van der Waals surface area contributed by atoms with Gasteiger partial charge in [0.05, 0.1) is 0 Å². The average Bonchev–Trinajstić information content (AvgIpc) is 2.18. The van der Waals surface area contributed by atoms with Crippen LogP contribution in [-0.4, -0.2) is 19.8 Å². The van der Waals surface area contributed by atoms with Crippen LogP contribution in [0.4, 0.5) is 0 Å². The minimum absolute atomic E-state index is 0. The molecule has 0 unspecified atom stereocenters. The van der Waals surface area contributed by atoms with Gasteiger partial charge in [0.25, 0.3) is 0 Å². The number of hydrogen-bond donors (Lipinski definition) is 0. The molecule has 0 radical (unpaired) electrons.